The molecular formula is C21H28N2OSSi. The molecule has 0 aliphatic carbocycles. The minimum atomic E-state index is -1.58. The van der Waals surface area contributed by atoms with E-state index in [0.29, 0.717) is 0 Å². The van der Waals surface area contributed by atoms with Crippen molar-refractivity contribution in [2.45, 2.75) is 58.4 Å². The van der Waals surface area contributed by atoms with Crippen LogP contribution in [0.4, 0.5) is 0 Å². The number of thiophene rings is 1. The lowest BCUT2D eigenvalue weighted by atomic mass is 10.1. The Labute approximate surface area is 161 Å². The normalized spacial score (nSPS) is 13.2. The number of benzene rings is 1. The van der Waals surface area contributed by atoms with Crippen LogP contribution in [0.1, 0.15) is 33.4 Å². The second-order valence-electron chi connectivity index (χ2n) is 6.89. The smallest absolute Gasteiger partial charge is 0.192 e. The Morgan fingerprint density at radius 1 is 1.08 bits per heavy atom. The van der Waals surface area contributed by atoms with Crippen molar-refractivity contribution in [3.63, 3.8) is 0 Å². The van der Waals surface area contributed by atoms with Gasteiger partial charge in [-0.15, -0.1) is 11.3 Å². The van der Waals surface area contributed by atoms with Crippen LogP contribution in [0, 0.1) is 0 Å². The van der Waals surface area contributed by atoms with E-state index < -0.39 is 8.32 Å². The fourth-order valence-electron chi connectivity index (χ4n) is 3.57. The molecule has 26 heavy (non-hydrogen) atoms. The molecule has 1 unspecified atom stereocenters. The van der Waals surface area contributed by atoms with Crippen molar-refractivity contribution in [3.05, 3.63) is 47.6 Å². The van der Waals surface area contributed by atoms with Crippen LogP contribution in [0.15, 0.2) is 41.9 Å². The van der Waals surface area contributed by atoms with Gasteiger partial charge in [0.15, 0.2) is 14.1 Å². The molecule has 2 aromatic heterocycles. The van der Waals surface area contributed by atoms with E-state index in [4.69, 9.17) is 9.41 Å². The van der Waals surface area contributed by atoms with Crippen molar-refractivity contribution in [2.24, 2.45) is 0 Å². The lowest BCUT2D eigenvalue weighted by molar-refractivity contribution is 0.205. The standard InChI is InChI=1S/C21H28N2OSSi/c1-5-26(6-2,7-3)24-16(4)15-18-11-13-22-21(23-18)19-10-8-9-17-12-14-25-20(17)19/h8-14,16H,5-7,15H2,1-4H3. The van der Waals surface area contributed by atoms with E-state index in [1.165, 1.54) is 28.2 Å². The number of nitrogens with zero attached hydrogens (tertiary/aromatic N) is 2. The van der Waals surface area contributed by atoms with E-state index in [-0.39, 0.29) is 6.10 Å². The lowest BCUT2D eigenvalue weighted by Gasteiger charge is -2.31. The van der Waals surface area contributed by atoms with Gasteiger partial charge in [0.2, 0.25) is 0 Å². The molecule has 0 aliphatic rings. The van der Waals surface area contributed by atoms with Gasteiger partial charge in [-0.25, -0.2) is 9.97 Å². The van der Waals surface area contributed by atoms with Gasteiger partial charge in [0.1, 0.15) is 0 Å². The zero-order valence-corrected chi connectivity index (χ0v) is 18.0. The molecule has 0 spiro atoms. The summed E-state index contributed by atoms with van der Waals surface area (Å²) in [4.78, 5) is 9.38. The molecule has 5 heteroatoms. The SMILES string of the molecule is CC[Si](CC)(CC)OC(C)Cc1ccnc(-c2cccc3ccsc23)n1. The van der Waals surface area contributed by atoms with Gasteiger partial charge >= 0.3 is 0 Å². The minimum absolute atomic E-state index is 0.196. The van der Waals surface area contributed by atoms with Gasteiger partial charge in [0.05, 0.1) is 0 Å². The second-order valence-corrected chi connectivity index (χ2v) is 12.5. The van der Waals surface area contributed by atoms with Gasteiger partial charge in [0, 0.05) is 34.7 Å². The molecule has 0 amide bonds. The van der Waals surface area contributed by atoms with Crippen LogP contribution in [0.3, 0.4) is 0 Å². The molecule has 138 valence electrons. The fraction of sp³-hybridized carbons (Fsp3) is 0.429. The van der Waals surface area contributed by atoms with Crippen LogP contribution in [0.25, 0.3) is 21.5 Å². The number of hydrogen-bond donors (Lipinski definition) is 0. The van der Waals surface area contributed by atoms with Crippen LogP contribution >= 0.6 is 11.3 Å². The van der Waals surface area contributed by atoms with Crippen molar-refractivity contribution in [1.82, 2.24) is 9.97 Å². The third kappa shape index (κ3) is 4.05. The van der Waals surface area contributed by atoms with E-state index in [9.17, 15) is 0 Å². The van der Waals surface area contributed by atoms with Crippen LogP contribution in [-0.2, 0) is 10.8 Å². The molecule has 0 saturated carbocycles. The largest absolute Gasteiger partial charge is 0.414 e. The molecule has 2 heterocycles. The fourth-order valence-corrected chi connectivity index (χ4v) is 7.42. The Hall–Kier alpha value is -1.56. The molecular weight excluding hydrogens is 356 g/mol. The number of rotatable bonds is 8. The maximum atomic E-state index is 6.57. The van der Waals surface area contributed by atoms with Gasteiger partial charge in [-0.2, -0.15) is 0 Å². The topological polar surface area (TPSA) is 35.0 Å². The number of aromatic nitrogens is 2. The summed E-state index contributed by atoms with van der Waals surface area (Å²) < 4.78 is 7.83. The zero-order chi connectivity index (χ0) is 18.6. The monoisotopic (exact) mass is 384 g/mol. The van der Waals surface area contributed by atoms with Crippen LogP contribution in [-0.4, -0.2) is 24.4 Å². The highest BCUT2D eigenvalue weighted by Gasteiger charge is 2.30. The molecule has 0 N–H and O–H groups in total. The summed E-state index contributed by atoms with van der Waals surface area (Å²) in [5.74, 6) is 0.813. The highest BCUT2D eigenvalue weighted by Crippen LogP contribution is 2.31. The third-order valence-corrected chi connectivity index (χ3v) is 11.0. The average Bonchev–Trinajstić information content (AvgIpc) is 3.15. The van der Waals surface area contributed by atoms with E-state index in [1.54, 1.807) is 11.3 Å². The molecule has 1 atom stereocenters. The van der Waals surface area contributed by atoms with Gasteiger partial charge in [-0.1, -0.05) is 32.9 Å². The average molecular weight is 385 g/mol. The van der Waals surface area contributed by atoms with Crippen LogP contribution in [0.2, 0.25) is 18.1 Å². The molecule has 0 aliphatic heterocycles. The molecule has 0 bridgehead atoms. The van der Waals surface area contributed by atoms with Crippen molar-refractivity contribution in [3.8, 4) is 11.4 Å². The maximum Gasteiger partial charge on any atom is 0.192 e. The first-order chi connectivity index (χ1) is 12.6. The van der Waals surface area contributed by atoms with Crippen molar-refractivity contribution >= 4 is 29.7 Å². The first-order valence-electron chi connectivity index (χ1n) is 9.57. The predicted molar refractivity (Wildman–Crippen MR) is 114 cm³/mol. The maximum absolute atomic E-state index is 6.57. The minimum Gasteiger partial charge on any atom is -0.414 e. The molecule has 3 nitrogen and oxygen atoms in total. The van der Waals surface area contributed by atoms with Crippen molar-refractivity contribution in [1.29, 1.82) is 0 Å². The Kier molecular flexibility index (Phi) is 6.22. The molecule has 1 aromatic carbocycles. The summed E-state index contributed by atoms with van der Waals surface area (Å²) in [6.45, 7) is 9.01. The first-order valence-corrected chi connectivity index (χ1v) is 13.0. The van der Waals surface area contributed by atoms with Crippen molar-refractivity contribution < 1.29 is 4.43 Å². The Morgan fingerprint density at radius 2 is 1.85 bits per heavy atom. The highest BCUT2D eigenvalue weighted by atomic mass is 32.1. The van der Waals surface area contributed by atoms with E-state index >= 15 is 0 Å². The summed E-state index contributed by atoms with van der Waals surface area (Å²) in [7, 11) is -1.58. The Balaban J connectivity index is 1.81. The Morgan fingerprint density at radius 3 is 2.58 bits per heavy atom. The Bertz CT molecular complexity index is 852. The zero-order valence-electron chi connectivity index (χ0n) is 16.2. The van der Waals surface area contributed by atoms with Crippen LogP contribution < -0.4 is 0 Å². The highest BCUT2D eigenvalue weighted by molar-refractivity contribution is 7.17. The summed E-state index contributed by atoms with van der Waals surface area (Å²) >= 11 is 1.75. The quantitative estimate of drug-likeness (QED) is 0.427. The third-order valence-electron chi connectivity index (χ3n) is 5.31. The number of hydrogen-bond acceptors (Lipinski definition) is 4. The van der Waals surface area contributed by atoms with Gasteiger partial charge in [0.25, 0.3) is 0 Å². The molecule has 0 saturated heterocycles. The summed E-state index contributed by atoms with van der Waals surface area (Å²) in [6.07, 6.45) is 2.91. The van der Waals surface area contributed by atoms with E-state index in [2.05, 4.69) is 62.3 Å². The van der Waals surface area contributed by atoms with E-state index in [1.807, 2.05) is 12.3 Å². The van der Waals surface area contributed by atoms with Gasteiger partial charge < -0.3 is 4.43 Å². The van der Waals surface area contributed by atoms with Crippen LogP contribution in [0.5, 0.6) is 0 Å². The molecule has 0 fully saturated rings. The predicted octanol–water partition coefficient (Wildman–Crippen LogP) is 6.31. The summed E-state index contributed by atoms with van der Waals surface area (Å²) in [5, 5.41) is 3.38. The summed E-state index contributed by atoms with van der Waals surface area (Å²) in [6, 6.07) is 14.0. The second kappa shape index (κ2) is 8.42. The molecule has 3 aromatic rings. The van der Waals surface area contributed by atoms with Crippen molar-refractivity contribution in [2.75, 3.05) is 0 Å². The first kappa shape index (κ1) is 19.2. The number of fused-ring (bicyclic) bond motifs is 1. The van der Waals surface area contributed by atoms with Gasteiger partial charge in [-0.05, 0) is 54.0 Å². The van der Waals surface area contributed by atoms with Gasteiger partial charge in [-0.3, -0.25) is 0 Å². The lowest BCUT2D eigenvalue weighted by Crippen LogP contribution is -2.39. The van der Waals surface area contributed by atoms with E-state index in [0.717, 1.165) is 23.5 Å². The molecule has 3 rings (SSSR count). The molecule has 0 radical (unpaired) electrons. The summed E-state index contributed by atoms with van der Waals surface area (Å²) in [5.41, 5.74) is 2.18.